The minimum absolute atomic E-state index is 0.0795. The zero-order chi connectivity index (χ0) is 30.5. The molecule has 0 spiro atoms. The number of carbonyl (C=O) groups excluding carboxylic acids is 1. The second-order valence-corrected chi connectivity index (χ2v) is 14.5. The monoisotopic (exact) mass is 596 g/mol. The number of aromatic nitrogens is 1. The lowest BCUT2D eigenvalue weighted by Crippen LogP contribution is -2.38. The smallest absolute Gasteiger partial charge is 0.269 e. The van der Waals surface area contributed by atoms with E-state index < -0.39 is 21.3 Å². The summed E-state index contributed by atoms with van der Waals surface area (Å²) in [6, 6.07) is 9.02. The summed E-state index contributed by atoms with van der Waals surface area (Å²) in [5, 5.41) is 23.1. The van der Waals surface area contributed by atoms with Crippen molar-refractivity contribution in [3.63, 3.8) is 0 Å². The van der Waals surface area contributed by atoms with Crippen LogP contribution < -0.4 is 5.32 Å². The summed E-state index contributed by atoms with van der Waals surface area (Å²) in [4.78, 5) is 20.6. The van der Waals surface area contributed by atoms with Gasteiger partial charge in [0.2, 0.25) is 0 Å². The normalized spacial score (nSPS) is 18.7. The first-order chi connectivity index (χ1) is 19.9. The standard InChI is InChI=1S/C32H44N4O5S/c1-31(2,3)42(40)36-22-25-21-26(30(38)33-13-7-14-35-15-18-41-19-16-35)34-29(28(25)27(36)11-17-37)24-9-6-8-23(20-24)10-12-32(4,5)39/h6,8-9,20-21,27,37,39H,7,11,13-19,22H2,1-5H3,(H,33,38)/t27-,42?/m0/s1. The van der Waals surface area contributed by atoms with Crippen molar-refractivity contribution in [2.75, 3.05) is 46.0 Å². The molecule has 9 nitrogen and oxygen atoms in total. The van der Waals surface area contributed by atoms with E-state index in [1.165, 1.54) is 0 Å². The van der Waals surface area contributed by atoms with Crippen LogP contribution in [0, 0.1) is 11.8 Å². The van der Waals surface area contributed by atoms with Crippen LogP contribution in [0.1, 0.15) is 80.7 Å². The summed E-state index contributed by atoms with van der Waals surface area (Å²) in [6.07, 6.45) is 1.21. The van der Waals surface area contributed by atoms with E-state index in [1.807, 2.05) is 49.3 Å². The molecule has 10 heteroatoms. The third kappa shape index (κ3) is 8.25. The Balaban J connectivity index is 1.69. The van der Waals surface area contributed by atoms with E-state index in [4.69, 9.17) is 9.72 Å². The molecule has 1 amide bonds. The summed E-state index contributed by atoms with van der Waals surface area (Å²) >= 11 is 0. The van der Waals surface area contributed by atoms with Gasteiger partial charge in [0, 0.05) is 49.5 Å². The van der Waals surface area contributed by atoms with Gasteiger partial charge in [-0.15, -0.1) is 0 Å². The number of morpholine rings is 1. The third-order valence-electron chi connectivity index (χ3n) is 7.21. The van der Waals surface area contributed by atoms with E-state index in [0.29, 0.717) is 36.5 Å². The van der Waals surface area contributed by atoms with E-state index in [2.05, 4.69) is 22.1 Å². The van der Waals surface area contributed by atoms with Crippen molar-refractivity contribution in [1.82, 2.24) is 19.5 Å². The molecular weight excluding hydrogens is 552 g/mol. The van der Waals surface area contributed by atoms with Crippen molar-refractivity contribution >= 4 is 16.9 Å². The fourth-order valence-electron chi connectivity index (χ4n) is 5.19. The van der Waals surface area contributed by atoms with Crippen LogP contribution in [0.15, 0.2) is 30.3 Å². The molecule has 3 N–H and O–H groups in total. The zero-order valence-electron chi connectivity index (χ0n) is 25.4. The molecule has 1 saturated heterocycles. The van der Waals surface area contributed by atoms with Gasteiger partial charge in [-0.3, -0.25) is 9.69 Å². The van der Waals surface area contributed by atoms with Crippen molar-refractivity contribution in [3.8, 4) is 23.1 Å². The maximum atomic E-state index is 13.6. The fraction of sp³-hybridized carbons (Fsp3) is 0.562. The SMILES string of the molecule is CC(C)(O)C#Cc1cccc(-c2nc(C(=O)NCCCN3CCOCC3)cc3c2[C@H](CCO)N(S(=O)C(C)(C)C)C3)c1. The van der Waals surface area contributed by atoms with Crippen LogP contribution in [0.4, 0.5) is 0 Å². The first-order valence-corrected chi connectivity index (χ1v) is 15.8. The Bertz CT molecular complexity index is 1350. The van der Waals surface area contributed by atoms with Crippen LogP contribution in [-0.4, -0.2) is 90.9 Å². The third-order valence-corrected chi connectivity index (χ3v) is 9.07. The van der Waals surface area contributed by atoms with Gasteiger partial charge in [0.15, 0.2) is 0 Å². The summed E-state index contributed by atoms with van der Waals surface area (Å²) in [5.74, 6) is 5.62. The number of fused-ring (bicyclic) bond motifs is 1. The molecular formula is C32H44N4O5S. The maximum Gasteiger partial charge on any atom is 0.269 e. The Morgan fingerprint density at radius 1 is 1.19 bits per heavy atom. The van der Waals surface area contributed by atoms with Crippen molar-refractivity contribution < 1.29 is 24.0 Å². The van der Waals surface area contributed by atoms with Gasteiger partial charge in [0.05, 0.1) is 29.7 Å². The average Bonchev–Trinajstić information content (AvgIpc) is 3.31. The Hall–Kier alpha value is -2.65. The molecule has 42 heavy (non-hydrogen) atoms. The van der Waals surface area contributed by atoms with Crippen LogP contribution in [0.5, 0.6) is 0 Å². The van der Waals surface area contributed by atoms with Gasteiger partial charge in [0.25, 0.3) is 5.91 Å². The predicted molar refractivity (Wildman–Crippen MR) is 165 cm³/mol. The molecule has 2 aliphatic heterocycles. The zero-order valence-corrected chi connectivity index (χ0v) is 26.2. The van der Waals surface area contributed by atoms with Crippen LogP contribution in [-0.2, 0) is 22.3 Å². The molecule has 0 radical (unpaired) electrons. The number of hydrogen-bond donors (Lipinski definition) is 3. The van der Waals surface area contributed by atoms with Gasteiger partial charge in [-0.05, 0) is 77.8 Å². The molecule has 4 rings (SSSR count). The number of hydrogen-bond acceptors (Lipinski definition) is 7. The number of benzene rings is 1. The molecule has 2 aromatic rings. The average molecular weight is 597 g/mol. The van der Waals surface area contributed by atoms with Gasteiger partial charge in [0.1, 0.15) is 22.3 Å². The van der Waals surface area contributed by atoms with E-state index >= 15 is 0 Å². The van der Waals surface area contributed by atoms with Crippen LogP contribution >= 0.6 is 0 Å². The molecule has 0 saturated carbocycles. The molecule has 1 fully saturated rings. The minimum Gasteiger partial charge on any atom is -0.396 e. The molecule has 0 bridgehead atoms. The molecule has 1 aromatic carbocycles. The number of amides is 1. The molecule has 3 heterocycles. The Morgan fingerprint density at radius 3 is 2.60 bits per heavy atom. The van der Waals surface area contributed by atoms with Crippen LogP contribution in [0.3, 0.4) is 0 Å². The van der Waals surface area contributed by atoms with E-state index in [9.17, 15) is 19.2 Å². The van der Waals surface area contributed by atoms with Gasteiger partial charge in [-0.25, -0.2) is 13.5 Å². The topological polar surface area (TPSA) is 115 Å². The lowest BCUT2D eigenvalue weighted by atomic mass is 9.95. The fourth-order valence-corrected chi connectivity index (χ4v) is 6.60. The number of nitrogens with one attached hydrogen (secondary N) is 1. The van der Waals surface area contributed by atoms with Crippen molar-refractivity contribution in [1.29, 1.82) is 0 Å². The largest absolute Gasteiger partial charge is 0.396 e. The Morgan fingerprint density at radius 2 is 1.93 bits per heavy atom. The molecule has 2 aliphatic rings. The highest BCUT2D eigenvalue weighted by molar-refractivity contribution is 7.84. The summed E-state index contributed by atoms with van der Waals surface area (Å²) in [6.45, 7) is 14.1. The number of aliphatic hydroxyl groups excluding tert-OH is 1. The Labute approximate surface area is 252 Å². The van der Waals surface area contributed by atoms with Crippen molar-refractivity contribution in [3.05, 3.63) is 52.7 Å². The first-order valence-electron chi connectivity index (χ1n) is 14.6. The van der Waals surface area contributed by atoms with E-state index in [-0.39, 0.29) is 18.6 Å². The molecule has 2 atom stereocenters. The predicted octanol–water partition coefficient (Wildman–Crippen LogP) is 3.02. The molecule has 1 aromatic heterocycles. The lowest BCUT2D eigenvalue weighted by Gasteiger charge is -2.30. The minimum atomic E-state index is -1.35. The number of ether oxygens (including phenoxy) is 1. The van der Waals surface area contributed by atoms with Crippen molar-refractivity contribution in [2.24, 2.45) is 0 Å². The highest BCUT2D eigenvalue weighted by Gasteiger charge is 2.40. The number of aliphatic hydroxyl groups is 2. The van der Waals surface area contributed by atoms with Gasteiger partial charge in [-0.2, -0.15) is 0 Å². The molecule has 1 unspecified atom stereocenters. The second kappa shape index (κ2) is 13.8. The van der Waals surface area contributed by atoms with Crippen LogP contribution in [0.25, 0.3) is 11.3 Å². The molecule has 0 aliphatic carbocycles. The number of carbonyl (C=O) groups is 1. The van der Waals surface area contributed by atoms with E-state index in [1.54, 1.807) is 19.9 Å². The van der Waals surface area contributed by atoms with Crippen molar-refractivity contribution in [2.45, 2.75) is 70.4 Å². The van der Waals surface area contributed by atoms with E-state index in [0.717, 1.165) is 56.0 Å². The van der Waals surface area contributed by atoms with Gasteiger partial charge < -0.3 is 20.3 Å². The maximum absolute atomic E-state index is 13.6. The molecule has 228 valence electrons. The summed E-state index contributed by atoms with van der Waals surface area (Å²) < 4.78 is 20.4. The van der Waals surface area contributed by atoms with Crippen LogP contribution in [0.2, 0.25) is 0 Å². The number of pyridine rings is 1. The first kappa shape index (κ1) is 32.3. The number of nitrogens with zero attached hydrogens (tertiary/aromatic N) is 3. The van der Waals surface area contributed by atoms with Gasteiger partial charge >= 0.3 is 0 Å². The van der Waals surface area contributed by atoms with Gasteiger partial charge in [-0.1, -0.05) is 24.0 Å². The quantitative estimate of drug-likeness (QED) is 0.301. The summed E-state index contributed by atoms with van der Waals surface area (Å²) in [7, 11) is -1.35. The summed E-state index contributed by atoms with van der Waals surface area (Å²) in [5.41, 5.74) is 3.00. The number of rotatable bonds is 9. The highest BCUT2D eigenvalue weighted by Crippen LogP contribution is 2.44. The highest BCUT2D eigenvalue weighted by atomic mass is 32.2. The lowest BCUT2D eigenvalue weighted by molar-refractivity contribution is 0.0374. The second-order valence-electron chi connectivity index (χ2n) is 12.3. The Kier molecular flexibility index (Phi) is 10.6.